The van der Waals surface area contributed by atoms with Gasteiger partial charge < -0.3 is 35.0 Å². The molecule has 0 amide bonds. The maximum Gasteiger partial charge on any atom is 0.469 e. The van der Waals surface area contributed by atoms with E-state index in [-0.39, 0.29) is 55.2 Å². The van der Waals surface area contributed by atoms with Crippen LogP contribution in [0.2, 0.25) is 0 Å². The van der Waals surface area contributed by atoms with Crippen LogP contribution in [0.5, 0.6) is 0 Å². The van der Waals surface area contributed by atoms with Crippen molar-refractivity contribution in [1.29, 1.82) is 0 Å². The van der Waals surface area contributed by atoms with Gasteiger partial charge in [-0.25, -0.2) is 4.57 Å². The summed E-state index contributed by atoms with van der Waals surface area (Å²) < 4.78 is 14.1. The molecular weight excluding hydrogens is 384 g/mol. The quantitative estimate of drug-likeness (QED) is 0.144. The summed E-state index contributed by atoms with van der Waals surface area (Å²) in [4.78, 5) is 26.6. The predicted molar refractivity (Wildman–Crippen MR) is 53.8 cm³/mol. The molecule has 11 heteroatoms. The summed E-state index contributed by atoms with van der Waals surface area (Å²) in [5.41, 5.74) is 0. The van der Waals surface area contributed by atoms with Crippen LogP contribution in [0.4, 0.5) is 0 Å². The van der Waals surface area contributed by atoms with Gasteiger partial charge in [0.25, 0.3) is 0 Å². The largest absolute Gasteiger partial charge is 0.469 e. The maximum atomic E-state index is 10.2. The molecule has 0 unspecified atom stereocenters. The Hall–Kier alpha value is 1.19. The predicted octanol–water partition coefficient (Wildman–Crippen LogP) is -3.64. The van der Waals surface area contributed by atoms with Gasteiger partial charge in [0, 0.05) is 48.9 Å². The van der Waals surface area contributed by atoms with Crippen LogP contribution in [-0.4, -0.2) is 116 Å². The van der Waals surface area contributed by atoms with Crippen molar-refractivity contribution in [3.05, 3.63) is 0 Å². The number of hydrogen-bond donors (Lipinski definition) is 6. The molecule has 0 saturated carbocycles. The first-order valence-corrected chi connectivity index (χ1v) is 5.59. The van der Waals surface area contributed by atoms with Gasteiger partial charge in [-0.1, -0.05) is 0 Å². The monoisotopic (exact) mass is 398 g/mol. The number of carbonyl (C=O) groups is 1. The molecule has 0 rings (SSSR count). The van der Waals surface area contributed by atoms with Crippen molar-refractivity contribution >= 4 is 63.0 Å². The van der Waals surface area contributed by atoms with Crippen molar-refractivity contribution < 1.29 is 44.1 Å². The van der Waals surface area contributed by atoms with Gasteiger partial charge in [-0.05, 0) is 0 Å². The van der Waals surface area contributed by atoms with E-state index < -0.39 is 38.8 Å². The van der Waals surface area contributed by atoms with Crippen molar-refractivity contribution in [2.24, 2.45) is 0 Å². The van der Waals surface area contributed by atoms with Crippen LogP contribution >= 0.6 is 7.82 Å². The van der Waals surface area contributed by atoms with Crippen molar-refractivity contribution in [3.63, 3.8) is 0 Å². The molecule has 0 aliphatic carbocycles. The molecule has 0 saturated heterocycles. The van der Waals surface area contributed by atoms with Gasteiger partial charge in [-0.15, -0.1) is 0 Å². The summed E-state index contributed by atoms with van der Waals surface area (Å²) in [5.74, 6) is 0. The molecule has 0 aliphatic heterocycles. The van der Waals surface area contributed by atoms with Gasteiger partial charge in [0.05, 0.1) is 6.61 Å². The van der Waals surface area contributed by atoms with E-state index in [9.17, 15) is 9.36 Å². The van der Waals surface area contributed by atoms with E-state index in [1.54, 1.807) is 0 Å². The summed E-state index contributed by atoms with van der Waals surface area (Å²) in [6.45, 7) is -0.964. The minimum absolute atomic E-state index is 0. The van der Waals surface area contributed by atoms with Crippen LogP contribution in [0, 0.1) is 0 Å². The summed E-state index contributed by atoms with van der Waals surface area (Å²) in [6, 6.07) is 0. The number of phosphoric ester groups is 1. The third-order valence-corrected chi connectivity index (χ3v) is 2.13. The van der Waals surface area contributed by atoms with Crippen LogP contribution in [-0.2, 0) is 13.9 Å². The molecule has 0 aliphatic rings. The maximum absolute atomic E-state index is 10.2. The third-order valence-electron chi connectivity index (χ3n) is 1.65. The van der Waals surface area contributed by atoms with E-state index in [0.29, 0.717) is 0 Å². The number of aliphatic hydroxyl groups excluding tert-OH is 4. The summed E-state index contributed by atoms with van der Waals surface area (Å²) in [5, 5.41) is 36.1. The van der Waals surface area contributed by atoms with Crippen molar-refractivity contribution in [3.8, 4) is 0 Å². The number of aldehydes is 1. The normalized spacial score (nSPS) is 18.7. The number of hydrogen-bond acceptors (Lipinski definition) is 7. The number of carbonyl (C=O) groups excluding carboxylic acids is 1. The molecule has 17 heavy (non-hydrogen) atoms. The van der Waals surface area contributed by atoms with Gasteiger partial charge in [-0.2, -0.15) is 0 Å². The second-order valence-electron chi connectivity index (χ2n) is 2.96. The first-order chi connectivity index (χ1) is 7.19. The Kier molecular flexibility index (Phi) is 11.0. The molecule has 0 aromatic rings. The van der Waals surface area contributed by atoms with Crippen LogP contribution in [0.15, 0.2) is 0 Å². The van der Waals surface area contributed by atoms with Crippen molar-refractivity contribution in [2.75, 3.05) is 6.61 Å². The molecule has 0 spiro atoms. The first-order valence-electron chi connectivity index (χ1n) is 4.06. The average molecular weight is 397 g/mol. The van der Waals surface area contributed by atoms with E-state index in [4.69, 9.17) is 30.2 Å². The van der Waals surface area contributed by atoms with E-state index in [0.717, 1.165) is 0 Å². The van der Waals surface area contributed by atoms with Gasteiger partial charge >= 0.3 is 7.82 Å². The zero-order chi connectivity index (χ0) is 12.9. The Morgan fingerprint density at radius 1 is 1.12 bits per heavy atom. The first kappa shape index (κ1) is 20.5. The van der Waals surface area contributed by atoms with Crippen molar-refractivity contribution in [1.82, 2.24) is 0 Å². The van der Waals surface area contributed by atoms with Crippen molar-refractivity contribution in [2.45, 2.75) is 24.4 Å². The topological polar surface area (TPSA) is 165 Å². The molecular formula is C6H13BaO9P. The fourth-order valence-corrected chi connectivity index (χ4v) is 1.13. The molecule has 4 atom stereocenters. The van der Waals surface area contributed by atoms with Crippen LogP contribution in [0.3, 0.4) is 0 Å². The Balaban J connectivity index is 0. The Morgan fingerprint density at radius 2 is 1.59 bits per heavy atom. The van der Waals surface area contributed by atoms with E-state index in [1.807, 2.05) is 0 Å². The van der Waals surface area contributed by atoms with Gasteiger partial charge in [0.2, 0.25) is 0 Å². The Morgan fingerprint density at radius 3 is 1.94 bits per heavy atom. The van der Waals surface area contributed by atoms with E-state index >= 15 is 0 Å². The van der Waals surface area contributed by atoms with Gasteiger partial charge in [0.15, 0.2) is 6.29 Å². The Bertz CT molecular complexity index is 268. The molecule has 9 nitrogen and oxygen atoms in total. The summed E-state index contributed by atoms with van der Waals surface area (Å²) in [7, 11) is -4.80. The summed E-state index contributed by atoms with van der Waals surface area (Å²) in [6.07, 6.45) is -7.80. The summed E-state index contributed by atoms with van der Waals surface area (Å²) >= 11 is 0. The minimum Gasteiger partial charge on any atom is -0.388 e. The average Bonchev–Trinajstić information content (AvgIpc) is 2.21. The van der Waals surface area contributed by atoms with Gasteiger partial charge in [-0.3, -0.25) is 4.52 Å². The second kappa shape index (κ2) is 9.15. The SMILES string of the molecule is O=C[C@H](O)[C@@H](O)[C@H](O)[C@H](O)COP(=O)(O)O.[Ba]. The molecule has 0 fully saturated rings. The molecule has 2 radical (unpaired) electrons. The fraction of sp³-hybridized carbons (Fsp3) is 0.833. The smallest absolute Gasteiger partial charge is 0.388 e. The van der Waals surface area contributed by atoms with Crippen LogP contribution in [0.1, 0.15) is 0 Å². The number of aliphatic hydroxyl groups is 4. The van der Waals surface area contributed by atoms with E-state index in [2.05, 4.69) is 4.52 Å². The number of phosphoric acid groups is 1. The molecule has 0 bridgehead atoms. The zero-order valence-corrected chi connectivity index (χ0v) is 14.0. The molecule has 0 aromatic heterocycles. The molecule has 0 aromatic carbocycles. The molecule has 0 heterocycles. The second-order valence-corrected chi connectivity index (χ2v) is 4.20. The fourth-order valence-electron chi connectivity index (χ4n) is 0.782. The third kappa shape index (κ3) is 8.83. The zero-order valence-electron chi connectivity index (χ0n) is 8.66. The minimum atomic E-state index is -4.80. The van der Waals surface area contributed by atoms with Crippen LogP contribution in [0.25, 0.3) is 0 Å². The van der Waals surface area contributed by atoms with Crippen LogP contribution < -0.4 is 0 Å². The molecule has 6 N–H and O–H groups in total. The van der Waals surface area contributed by atoms with E-state index in [1.165, 1.54) is 0 Å². The number of rotatable bonds is 7. The molecule has 98 valence electrons. The Labute approximate surface area is 137 Å². The van der Waals surface area contributed by atoms with Gasteiger partial charge in [0.1, 0.15) is 24.4 Å². The standard InChI is InChI=1S/C6H13O9P.Ba/c7-1-3(8)5(10)6(11)4(9)2-15-16(12,13)14;/h1,3-6,8-11H,2H2,(H2,12,13,14);/t3-,4+,5+,6+;/m0./s1.